The summed E-state index contributed by atoms with van der Waals surface area (Å²) in [5.74, 6) is 0.131. The molecule has 0 fully saturated rings. The van der Waals surface area contributed by atoms with E-state index in [0.29, 0.717) is 43.3 Å². The van der Waals surface area contributed by atoms with Crippen LogP contribution in [0.2, 0.25) is 0 Å². The Labute approximate surface area is 220 Å². The molecule has 3 aromatic carbocycles. The first-order chi connectivity index (χ1) is 15.9. The van der Waals surface area contributed by atoms with E-state index in [1.54, 1.807) is 48.5 Å². The minimum Gasteiger partial charge on any atom is -0.545 e. The molecule has 0 unspecified atom stereocenters. The third kappa shape index (κ3) is 7.25. The number of phenols is 1. The molecule has 7 nitrogen and oxygen atoms in total. The molecule has 0 atom stereocenters. The van der Waals surface area contributed by atoms with E-state index in [0.717, 1.165) is 5.56 Å². The number of para-hydroxylation sites is 1. The van der Waals surface area contributed by atoms with E-state index in [2.05, 4.69) is 0 Å². The Balaban J connectivity index is 0.00000408. The maximum atomic E-state index is 11.6. The second kappa shape index (κ2) is 13.0. The van der Waals surface area contributed by atoms with Gasteiger partial charge < -0.3 is 29.2 Å². The number of aromatic hydroxyl groups is 1. The van der Waals surface area contributed by atoms with Crippen molar-refractivity contribution in [3.63, 3.8) is 0 Å². The molecule has 0 spiro atoms. The summed E-state index contributed by atoms with van der Waals surface area (Å²) in [6.45, 7) is 4.10. The molecule has 0 radical (unpaired) electrons. The second-order valence-electron chi connectivity index (χ2n) is 7.30. The largest absolute Gasteiger partial charge is 1.00 e. The topological polar surface area (TPSA) is 105 Å². The van der Waals surface area contributed by atoms with Gasteiger partial charge in [-0.1, -0.05) is 25.1 Å². The Bertz CT molecular complexity index is 1140. The zero-order valence-electron chi connectivity index (χ0n) is 19.5. The van der Waals surface area contributed by atoms with E-state index in [-0.39, 0.29) is 58.0 Å². The number of carbonyl (C=O) groups is 2. The average Bonchev–Trinajstić information content (AvgIpc) is 2.79. The fourth-order valence-corrected chi connectivity index (χ4v) is 3.22. The van der Waals surface area contributed by atoms with Crippen LogP contribution in [0.3, 0.4) is 0 Å². The van der Waals surface area contributed by atoms with Crippen molar-refractivity contribution >= 4 is 11.8 Å². The summed E-state index contributed by atoms with van der Waals surface area (Å²) in [7, 11) is 0. The van der Waals surface area contributed by atoms with Crippen molar-refractivity contribution < 1.29 is 63.6 Å². The number of ketones is 1. The standard InChI is InChI=1S/C26H26O7.Na/c1-3-18-14-22(17(2)27)23(28)16-25(18)32-13-7-12-31-19-8-6-9-20(15-19)33-24-11-5-4-10-21(24)26(29)30;/h4-6,8-11,14-16,28H,3,7,12-13H2,1-2H3,(H,29,30);/q;+1/p-1. The summed E-state index contributed by atoms with van der Waals surface area (Å²) in [5.41, 5.74) is 1.10. The number of phenolic OH excluding ortho intramolecular Hbond substituents is 1. The zero-order chi connectivity index (χ0) is 23.8. The number of carboxylic acids is 1. The molecule has 172 valence electrons. The molecule has 0 aliphatic carbocycles. The Morgan fingerprint density at radius 3 is 2.29 bits per heavy atom. The molecule has 0 saturated carbocycles. The molecule has 34 heavy (non-hydrogen) atoms. The Kier molecular flexibility index (Phi) is 10.4. The fourth-order valence-electron chi connectivity index (χ4n) is 3.22. The number of Topliss-reactive ketones (excluding diaryl/α,β-unsaturated/α-hetero) is 1. The van der Waals surface area contributed by atoms with Gasteiger partial charge in [0.15, 0.2) is 5.78 Å². The minimum absolute atomic E-state index is 0. The zero-order valence-corrected chi connectivity index (χ0v) is 21.5. The van der Waals surface area contributed by atoms with Crippen molar-refractivity contribution in [1.29, 1.82) is 0 Å². The van der Waals surface area contributed by atoms with Crippen LogP contribution in [0.5, 0.6) is 28.7 Å². The van der Waals surface area contributed by atoms with Gasteiger partial charge in [0.1, 0.15) is 28.7 Å². The monoisotopic (exact) mass is 472 g/mol. The van der Waals surface area contributed by atoms with Crippen LogP contribution in [0.1, 0.15) is 46.5 Å². The van der Waals surface area contributed by atoms with Gasteiger partial charge in [0, 0.05) is 24.1 Å². The molecule has 0 amide bonds. The molecule has 0 aromatic heterocycles. The van der Waals surface area contributed by atoms with Crippen molar-refractivity contribution in [2.24, 2.45) is 0 Å². The molecule has 0 saturated heterocycles. The van der Waals surface area contributed by atoms with Gasteiger partial charge in [0.05, 0.1) is 24.7 Å². The predicted molar refractivity (Wildman–Crippen MR) is 120 cm³/mol. The molecular formula is C26H25NaO7. The number of hydrogen-bond donors (Lipinski definition) is 1. The first-order valence-electron chi connectivity index (χ1n) is 10.6. The van der Waals surface area contributed by atoms with E-state index in [9.17, 15) is 19.8 Å². The van der Waals surface area contributed by atoms with E-state index in [1.807, 2.05) is 6.92 Å². The van der Waals surface area contributed by atoms with Crippen LogP contribution in [-0.4, -0.2) is 30.1 Å². The van der Waals surface area contributed by atoms with Gasteiger partial charge in [0.25, 0.3) is 0 Å². The van der Waals surface area contributed by atoms with Gasteiger partial charge in [-0.15, -0.1) is 0 Å². The smallest absolute Gasteiger partial charge is 0.545 e. The quantitative estimate of drug-likeness (QED) is 0.254. The summed E-state index contributed by atoms with van der Waals surface area (Å²) in [6, 6.07) is 16.3. The van der Waals surface area contributed by atoms with E-state index in [1.165, 1.54) is 19.1 Å². The van der Waals surface area contributed by atoms with Crippen LogP contribution >= 0.6 is 0 Å². The van der Waals surface area contributed by atoms with Gasteiger partial charge in [-0.05, 0) is 49.2 Å². The van der Waals surface area contributed by atoms with Gasteiger partial charge in [-0.2, -0.15) is 0 Å². The summed E-state index contributed by atoms with van der Waals surface area (Å²) in [6.07, 6.45) is 1.25. The summed E-state index contributed by atoms with van der Waals surface area (Å²) < 4.78 is 17.2. The normalized spacial score (nSPS) is 10.2. The van der Waals surface area contributed by atoms with E-state index < -0.39 is 5.97 Å². The number of benzene rings is 3. The van der Waals surface area contributed by atoms with Gasteiger partial charge in [0.2, 0.25) is 0 Å². The first kappa shape index (κ1) is 27.2. The second-order valence-corrected chi connectivity index (χ2v) is 7.30. The van der Waals surface area contributed by atoms with Crippen molar-refractivity contribution in [2.45, 2.75) is 26.7 Å². The third-order valence-electron chi connectivity index (χ3n) is 4.89. The van der Waals surface area contributed by atoms with Gasteiger partial charge in [-0.3, -0.25) is 4.79 Å². The summed E-state index contributed by atoms with van der Waals surface area (Å²) in [4.78, 5) is 22.8. The summed E-state index contributed by atoms with van der Waals surface area (Å²) in [5, 5.41) is 21.3. The number of aromatic carboxylic acids is 1. The molecule has 0 aliphatic heterocycles. The van der Waals surface area contributed by atoms with Gasteiger partial charge >= 0.3 is 29.6 Å². The summed E-state index contributed by atoms with van der Waals surface area (Å²) >= 11 is 0. The average molecular weight is 472 g/mol. The van der Waals surface area contributed by atoms with E-state index >= 15 is 0 Å². The van der Waals surface area contributed by atoms with Crippen LogP contribution < -0.4 is 48.9 Å². The molecule has 3 rings (SSSR count). The number of ether oxygens (including phenoxy) is 3. The minimum atomic E-state index is -1.31. The molecule has 8 heteroatoms. The molecule has 1 N–H and O–H groups in total. The SMILES string of the molecule is CCc1cc(C(C)=O)c(O)cc1OCCCOc1cccc(Oc2ccccc2C(=O)[O-])c1.[Na+]. The number of carboxylic acid groups (broad SMARTS) is 1. The molecule has 0 aliphatic rings. The molecule has 0 heterocycles. The Morgan fingerprint density at radius 1 is 0.882 bits per heavy atom. The number of rotatable bonds is 11. The fraction of sp³-hybridized carbons (Fsp3) is 0.231. The van der Waals surface area contributed by atoms with Crippen molar-refractivity contribution in [3.8, 4) is 28.7 Å². The van der Waals surface area contributed by atoms with Crippen molar-refractivity contribution in [3.05, 3.63) is 77.4 Å². The van der Waals surface area contributed by atoms with Gasteiger partial charge in [-0.25, -0.2) is 0 Å². The van der Waals surface area contributed by atoms with Crippen LogP contribution in [-0.2, 0) is 6.42 Å². The maximum Gasteiger partial charge on any atom is 1.00 e. The number of hydrogen-bond acceptors (Lipinski definition) is 7. The Hall–Kier alpha value is -3.00. The Morgan fingerprint density at radius 2 is 1.59 bits per heavy atom. The van der Waals surface area contributed by atoms with Crippen LogP contribution in [0.15, 0.2) is 60.7 Å². The van der Waals surface area contributed by atoms with Crippen LogP contribution in [0, 0.1) is 0 Å². The predicted octanol–water partition coefficient (Wildman–Crippen LogP) is 1.16. The maximum absolute atomic E-state index is 11.6. The third-order valence-corrected chi connectivity index (χ3v) is 4.89. The molecule has 0 bridgehead atoms. The van der Waals surface area contributed by atoms with Crippen molar-refractivity contribution in [2.75, 3.05) is 13.2 Å². The first-order valence-corrected chi connectivity index (χ1v) is 10.6. The molecule has 3 aromatic rings. The molecular weight excluding hydrogens is 447 g/mol. The van der Waals surface area contributed by atoms with Crippen LogP contribution in [0.25, 0.3) is 0 Å². The van der Waals surface area contributed by atoms with E-state index in [4.69, 9.17) is 14.2 Å². The number of carbonyl (C=O) groups excluding carboxylic acids is 2. The van der Waals surface area contributed by atoms with Crippen molar-refractivity contribution in [1.82, 2.24) is 0 Å². The van der Waals surface area contributed by atoms with Crippen LogP contribution in [0.4, 0.5) is 0 Å². The number of aryl methyl sites for hydroxylation is 1.